The number of ether oxygens (including phenoxy) is 1. The zero-order valence-electron chi connectivity index (χ0n) is 12.3. The van der Waals surface area contributed by atoms with Gasteiger partial charge in [0.1, 0.15) is 0 Å². The van der Waals surface area contributed by atoms with Crippen LogP contribution in [0.4, 0.5) is 0 Å². The van der Waals surface area contributed by atoms with E-state index in [1.54, 1.807) is 6.08 Å². The van der Waals surface area contributed by atoms with Crippen LogP contribution in [0.3, 0.4) is 0 Å². The number of esters is 1. The van der Waals surface area contributed by atoms with E-state index in [4.69, 9.17) is 4.74 Å². The summed E-state index contributed by atoms with van der Waals surface area (Å²) in [6.07, 6.45) is 1.75. The van der Waals surface area contributed by atoms with Crippen LogP contribution < -0.4 is 0 Å². The monoisotopic (exact) mass is 299 g/mol. The molecule has 0 aliphatic carbocycles. The van der Waals surface area contributed by atoms with Gasteiger partial charge in [-0.2, -0.15) is 0 Å². The van der Waals surface area contributed by atoms with Crippen molar-refractivity contribution in [2.24, 2.45) is 4.99 Å². The van der Waals surface area contributed by atoms with Crippen molar-refractivity contribution in [3.63, 3.8) is 0 Å². The molecule has 3 aromatic carbocycles. The van der Waals surface area contributed by atoms with Gasteiger partial charge in [0.05, 0.1) is 0 Å². The summed E-state index contributed by atoms with van der Waals surface area (Å²) < 4.78 is 5.26. The van der Waals surface area contributed by atoms with Gasteiger partial charge in [0, 0.05) is 5.56 Å². The van der Waals surface area contributed by atoms with Crippen LogP contribution in [0.15, 0.2) is 83.5 Å². The highest BCUT2D eigenvalue weighted by Gasteiger charge is 2.23. The van der Waals surface area contributed by atoms with Crippen LogP contribution in [0.1, 0.15) is 11.1 Å². The van der Waals surface area contributed by atoms with Crippen LogP contribution in [-0.2, 0) is 9.53 Å². The van der Waals surface area contributed by atoms with Gasteiger partial charge in [-0.3, -0.25) is 0 Å². The first kappa shape index (κ1) is 13.5. The molecule has 3 heteroatoms. The second-order valence-electron chi connectivity index (χ2n) is 5.31. The minimum absolute atomic E-state index is 0.319. The number of benzene rings is 3. The summed E-state index contributed by atoms with van der Waals surface area (Å²) >= 11 is 0. The molecule has 0 saturated heterocycles. The largest absolute Gasteiger partial charge is 0.402 e. The van der Waals surface area contributed by atoms with Crippen LogP contribution in [0.25, 0.3) is 16.8 Å². The Morgan fingerprint density at radius 3 is 2.39 bits per heavy atom. The summed E-state index contributed by atoms with van der Waals surface area (Å²) in [5.74, 6) is -0.0698. The van der Waals surface area contributed by atoms with E-state index in [2.05, 4.69) is 11.1 Å². The third kappa shape index (κ3) is 2.64. The van der Waals surface area contributed by atoms with Gasteiger partial charge < -0.3 is 4.74 Å². The van der Waals surface area contributed by atoms with E-state index < -0.39 is 5.97 Å². The predicted molar refractivity (Wildman–Crippen MR) is 91.0 cm³/mol. The Kier molecular flexibility index (Phi) is 3.24. The van der Waals surface area contributed by atoms with Crippen LogP contribution in [0, 0.1) is 0 Å². The van der Waals surface area contributed by atoms with Crippen LogP contribution in [-0.4, -0.2) is 11.9 Å². The topological polar surface area (TPSA) is 38.7 Å². The highest BCUT2D eigenvalue weighted by atomic mass is 16.6. The molecule has 0 unspecified atom stereocenters. The summed E-state index contributed by atoms with van der Waals surface area (Å²) in [7, 11) is 0. The summed E-state index contributed by atoms with van der Waals surface area (Å²) in [6, 6.07) is 23.6. The third-order valence-electron chi connectivity index (χ3n) is 3.72. The van der Waals surface area contributed by atoms with Crippen molar-refractivity contribution >= 4 is 28.7 Å². The number of hydrogen-bond acceptors (Lipinski definition) is 3. The average molecular weight is 299 g/mol. The number of carbonyl (C=O) groups is 1. The molecule has 110 valence electrons. The van der Waals surface area contributed by atoms with Gasteiger partial charge in [-0.1, -0.05) is 54.6 Å². The number of aliphatic imine (C=N–C) groups is 1. The Labute approximate surface area is 133 Å². The molecular weight excluding hydrogens is 286 g/mol. The lowest BCUT2D eigenvalue weighted by Crippen LogP contribution is -2.04. The maximum Gasteiger partial charge on any atom is 0.363 e. The Hall–Kier alpha value is -3.20. The van der Waals surface area contributed by atoms with Crippen LogP contribution in [0.5, 0.6) is 0 Å². The number of fused-ring (bicyclic) bond motifs is 1. The summed E-state index contributed by atoms with van der Waals surface area (Å²) in [5, 5.41) is 2.29. The summed E-state index contributed by atoms with van der Waals surface area (Å²) in [5.41, 5.74) is 2.04. The zero-order valence-corrected chi connectivity index (χ0v) is 12.3. The minimum atomic E-state index is -0.419. The van der Waals surface area contributed by atoms with Crippen molar-refractivity contribution in [2.75, 3.05) is 0 Å². The van der Waals surface area contributed by atoms with Gasteiger partial charge in [-0.15, -0.1) is 0 Å². The molecule has 1 aliphatic rings. The number of rotatable bonds is 2. The molecule has 0 bridgehead atoms. The van der Waals surface area contributed by atoms with E-state index in [-0.39, 0.29) is 0 Å². The van der Waals surface area contributed by atoms with E-state index in [0.717, 1.165) is 21.9 Å². The molecule has 0 atom stereocenters. The van der Waals surface area contributed by atoms with Crippen molar-refractivity contribution in [3.8, 4) is 0 Å². The highest BCUT2D eigenvalue weighted by Crippen LogP contribution is 2.21. The first-order chi connectivity index (χ1) is 11.3. The number of nitrogens with zero attached hydrogens (tertiary/aromatic N) is 1. The summed E-state index contributed by atoms with van der Waals surface area (Å²) in [6.45, 7) is 0. The quantitative estimate of drug-likeness (QED) is 0.526. The highest BCUT2D eigenvalue weighted by molar-refractivity contribution is 6.12. The molecule has 1 heterocycles. The van der Waals surface area contributed by atoms with Crippen molar-refractivity contribution < 1.29 is 9.53 Å². The Balaban J connectivity index is 1.72. The third-order valence-corrected chi connectivity index (χ3v) is 3.72. The molecule has 1 aliphatic heterocycles. The molecule has 0 radical (unpaired) electrons. The first-order valence-corrected chi connectivity index (χ1v) is 7.36. The van der Waals surface area contributed by atoms with Crippen LogP contribution in [0.2, 0.25) is 0 Å². The molecule has 3 aromatic rings. The van der Waals surface area contributed by atoms with Crippen LogP contribution >= 0.6 is 0 Å². The lowest BCUT2D eigenvalue weighted by Gasteiger charge is -1.99. The fraction of sp³-hybridized carbons (Fsp3) is 0. The minimum Gasteiger partial charge on any atom is -0.402 e. The van der Waals surface area contributed by atoms with E-state index in [0.29, 0.717) is 11.6 Å². The van der Waals surface area contributed by atoms with Gasteiger partial charge in [-0.05, 0) is 40.6 Å². The second kappa shape index (κ2) is 5.54. The fourth-order valence-electron chi connectivity index (χ4n) is 2.57. The van der Waals surface area contributed by atoms with E-state index in [9.17, 15) is 4.79 Å². The normalized spacial score (nSPS) is 15.7. The molecule has 0 N–H and O–H groups in total. The molecule has 3 nitrogen and oxygen atoms in total. The van der Waals surface area contributed by atoms with E-state index in [1.165, 1.54) is 0 Å². The molecule has 0 amide bonds. The SMILES string of the molecule is O=C1OC(c2ccccc2)=N/C1=C/c1ccc2ccccc2c1. The Morgan fingerprint density at radius 2 is 1.57 bits per heavy atom. The average Bonchev–Trinajstić information content (AvgIpc) is 2.96. The van der Waals surface area contributed by atoms with E-state index in [1.807, 2.05) is 66.7 Å². The summed E-state index contributed by atoms with van der Waals surface area (Å²) in [4.78, 5) is 16.3. The molecule has 0 fully saturated rings. The molecule has 4 rings (SSSR count). The van der Waals surface area contributed by atoms with Crippen molar-refractivity contribution in [3.05, 3.63) is 89.6 Å². The molecular formula is C20H13NO2. The Bertz CT molecular complexity index is 956. The van der Waals surface area contributed by atoms with Crippen molar-refractivity contribution in [1.29, 1.82) is 0 Å². The van der Waals surface area contributed by atoms with Gasteiger partial charge in [0.25, 0.3) is 0 Å². The smallest absolute Gasteiger partial charge is 0.363 e. The van der Waals surface area contributed by atoms with Gasteiger partial charge in [-0.25, -0.2) is 9.79 Å². The number of carbonyl (C=O) groups excluding carboxylic acids is 1. The predicted octanol–water partition coefficient (Wildman–Crippen LogP) is 4.18. The first-order valence-electron chi connectivity index (χ1n) is 7.36. The molecule has 0 saturated carbocycles. The second-order valence-corrected chi connectivity index (χ2v) is 5.31. The van der Waals surface area contributed by atoms with Gasteiger partial charge in [0.15, 0.2) is 5.70 Å². The standard InChI is InChI=1S/C20H13NO2/c22-20-18(21-19(23-20)16-7-2-1-3-8-16)13-14-10-11-15-6-4-5-9-17(15)12-14/h1-13H/b18-13+. The number of hydrogen-bond donors (Lipinski definition) is 0. The molecule has 23 heavy (non-hydrogen) atoms. The maximum atomic E-state index is 12.0. The number of cyclic esters (lactones) is 1. The zero-order chi connectivity index (χ0) is 15.6. The van der Waals surface area contributed by atoms with Gasteiger partial charge >= 0.3 is 5.97 Å². The maximum absolute atomic E-state index is 12.0. The van der Waals surface area contributed by atoms with E-state index >= 15 is 0 Å². The van der Waals surface area contributed by atoms with Crippen molar-refractivity contribution in [1.82, 2.24) is 0 Å². The molecule has 0 spiro atoms. The van der Waals surface area contributed by atoms with Crippen molar-refractivity contribution in [2.45, 2.75) is 0 Å². The lowest BCUT2D eigenvalue weighted by molar-refractivity contribution is -0.129. The Morgan fingerprint density at radius 1 is 0.826 bits per heavy atom. The van der Waals surface area contributed by atoms with Gasteiger partial charge in [0.2, 0.25) is 5.90 Å². The fourth-order valence-corrected chi connectivity index (χ4v) is 2.57. The molecule has 0 aromatic heterocycles. The lowest BCUT2D eigenvalue weighted by atomic mass is 10.1.